The quantitative estimate of drug-likeness (QED) is 0.805. The Morgan fingerprint density at radius 3 is 1.83 bits per heavy atom. The molecule has 2 rings (SSSR count). The van der Waals surface area contributed by atoms with Crippen molar-refractivity contribution in [1.29, 1.82) is 0 Å². The number of halogens is 6. The largest absolute Gasteiger partial charge is 0.416 e. The third kappa shape index (κ3) is 3.52. The first-order chi connectivity index (χ1) is 10.8. The van der Waals surface area contributed by atoms with Crippen LogP contribution in [0.2, 0.25) is 0 Å². The van der Waals surface area contributed by atoms with E-state index < -0.39 is 45.8 Å². The van der Waals surface area contributed by atoms with Gasteiger partial charge in [0.2, 0.25) is 0 Å². The first-order valence-corrected chi connectivity index (χ1v) is 8.30. The van der Waals surface area contributed by atoms with Crippen molar-refractivity contribution in [1.82, 2.24) is 9.03 Å². The van der Waals surface area contributed by atoms with Crippen molar-refractivity contribution in [3.63, 3.8) is 0 Å². The Balaban J connectivity index is 2.59. The smallest absolute Gasteiger partial charge is 0.195 e. The van der Waals surface area contributed by atoms with Gasteiger partial charge in [0.25, 0.3) is 10.2 Å². The second kappa shape index (κ2) is 5.88. The Bertz CT molecular complexity index is 697. The van der Waals surface area contributed by atoms with Gasteiger partial charge in [0.15, 0.2) is 0 Å². The zero-order valence-electron chi connectivity index (χ0n) is 12.5. The number of alkyl halides is 6. The maximum absolute atomic E-state index is 12.9. The van der Waals surface area contributed by atoms with Crippen LogP contribution in [0, 0.1) is 0 Å². The van der Waals surface area contributed by atoms with Crippen molar-refractivity contribution >= 4 is 10.2 Å². The maximum atomic E-state index is 12.9. The Hall–Kier alpha value is -1.33. The van der Waals surface area contributed by atoms with E-state index in [0.29, 0.717) is 12.1 Å². The summed E-state index contributed by atoms with van der Waals surface area (Å²) in [6, 6.07) is -0.950. The van der Waals surface area contributed by atoms with E-state index in [9.17, 15) is 34.8 Å². The lowest BCUT2D eigenvalue weighted by molar-refractivity contribution is -0.143. The van der Waals surface area contributed by atoms with Crippen LogP contribution >= 0.6 is 0 Å². The van der Waals surface area contributed by atoms with E-state index in [1.54, 1.807) is 0 Å². The summed E-state index contributed by atoms with van der Waals surface area (Å²) >= 11 is 0. The van der Waals surface area contributed by atoms with Gasteiger partial charge in [0, 0.05) is 12.6 Å². The van der Waals surface area contributed by atoms with Crippen molar-refractivity contribution in [3.05, 3.63) is 34.9 Å². The molecular weight excluding hydrogens is 362 g/mol. The molecule has 1 N–H and O–H groups in total. The van der Waals surface area contributed by atoms with E-state index >= 15 is 0 Å². The van der Waals surface area contributed by atoms with E-state index in [1.165, 1.54) is 13.8 Å². The normalized spacial score (nSPS) is 25.2. The molecule has 136 valence electrons. The van der Waals surface area contributed by atoms with Gasteiger partial charge >= 0.3 is 12.4 Å². The number of hydrogen-bond donors (Lipinski definition) is 1. The third-order valence-corrected chi connectivity index (χ3v) is 5.56. The fourth-order valence-electron chi connectivity index (χ4n) is 2.67. The van der Waals surface area contributed by atoms with Crippen molar-refractivity contribution in [2.45, 2.75) is 38.3 Å². The van der Waals surface area contributed by atoms with Crippen LogP contribution in [-0.4, -0.2) is 25.3 Å². The van der Waals surface area contributed by atoms with Gasteiger partial charge in [-0.15, -0.1) is 0 Å². The Morgan fingerprint density at radius 1 is 1.04 bits per heavy atom. The van der Waals surface area contributed by atoms with Crippen molar-refractivity contribution in [2.24, 2.45) is 0 Å². The van der Waals surface area contributed by atoms with Crippen LogP contribution in [0.3, 0.4) is 0 Å². The highest BCUT2D eigenvalue weighted by Crippen LogP contribution is 2.39. The number of hydrogen-bond acceptors (Lipinski definition) is 2. The highest BCUT2D eigenvalue weighted by Gasteiger charge is 2.44. The lowest BCUT2D eigenvalue weighted by atomic mass is 9.96. The predicted molar refractivity (Wildman–Crippen MR) is 73.1 cm³/mol. The minimum atomic E-state index is -4.98. The highest BCUT2D eigenvalue weighted by atomic mass is 32.2. The lowest BCUT2D eigenvalue weighted by Crippen LogP contribution is -2.33. The fraction of sp³-hybridized carbons (Fsp3) is 0.538. The highest BCUT2D eigenvalue weighted by molar-refractivity contribution is 7.87. The molecule has 1 saturated heterocycles. The zero-order valence-corrected chi connectivity index (χ0v) is 13.4. The number of rotatable bonds is 2. The molecule has 0 aromatic heterocycles. The zero-order chi connectivity index (χ0) is 18.5. The molecule has 1 aliphatic heterocycles. The molecule has 1 fully saturated rings. The van der Waals surface area contributed by atoms with Gasteiger partial charge in [-0.2, -0.15) is 43.8 Å². The molecule has 0 aliphatic carbocycles. The lowest BCUT2D eigenvalue weighted by Gasteiger charge is -2.21. The molecule has 0 radical (unpaired) electrons. The van der Waals surface area contributed by atoms with Gasteiger partial charge in [-0.1, -0.05) is 6.92 Å². The van der Waals surface area contributed by atoms with Gasteiger partial charge in [-0.3, -0.25) is 0 Å². The maximum Gasteiger partial charge on any atom is 0.416 e. The summed E-state index contributed by atoms with van der Waals surface area (Å²) in [5.41, 5.74) is -3.34. The number of benzene rings is 1. The molecule has 2 atom stereocenters. The molecule has 1 aliphatic rings. The standard InChI is InChI=1S/C13H14F6N2O2S/c1-3-21-7(2)11(20-24(21,22)23)8-4-9(12(14,15)16)6-10(5-8)13(17,18)19/h4-7,11,20H,3H2,1-2H3/t7-,11+/m0/s1. The molecule has 24 heavy (non-hydrogen) atoms. The van der Waals surface area contributed by atoms with Crippen molar-refractivity contribution in [2.75, 3.05) is 6.54 Å². The van der Waals surface area contributed by atoms with E-state index in [4.69, 9.17) is 0 Å². The van der Waals surface area contributed by atoms with Crippen LogP contribution in [0.1, 0.15) is 36.6 Å². The molecule has 1 aromatic carbocycles. The molecule has 0 spiro atoms. The Labute approximate surface area is 134 Å². The molecule has 0 amide bonds. The number of likely N-dealkylation sites (N-methyl/N-ethyl adjacent to an activating group) is 1. The van der Waals surface area contributed by atoms with Crippen molar-refractivity contribution in [3.8, 4) is 0 Å². The predicted octanol–water partition coefficient (Wildman–Crippen LogP) is 3.32. The second-order valence-corrected chi connectivity index (χ2v) is 7.04. The van der Waals surface area contributed by atoms with E-state index in [1.807, 2.05) is 0 Å². The summed E-state index contributed by atoms with van der Waals surface area (Å²) in [6.07, 6.45) is -9.97. The van der Waals surface area contributed by atoms with Crippen LogP contribution in [0.15, 0.2) is 18.2 Å². The van der Waals surface area contributed by atoms with Crippen LogP contribution in [0.5, 0.6) is 0 Å². The Morgan fingerprint density at radius 2 is 1.50 bits per heavy atom. The number of nitrogens with one attached hydrogen (secondary N) is 1. The number of nitrogens with zero attached hydrogens (tertiary/aromatic N) is 1. The summed E-state index contributed by atoms with van der Waals surface area (Å²) in [7, 11) is -3.96. The van der Waals surface area contributed by atoms with Gasteiger partial charge in [0.1, 0.15) is 0 Å². The van der Waals surface area contributed by atoms with E-state index in [-0.39, 0.29) is 18.2 Å². The summed E-state index contributed by atoms with van der Waals surface area (Å²) < 4.78 is 104. The SMILES string of the molecule is CCN1[C@@H](C)[C@H](c2cc(C(F)(F)F)cc(C(F)(F)F)c2)NS1(=O)=O. The molecule has 4 nitrogen and oxygen atoms in total. The molecule has 0 bridgehead atoms. The second-order valence-electron chi connectivity index (χ2n) is 5.38. The van der Waals surface area contributed by atoms with Crippen LogP contribution < -0.4 is 4.72 Å². The molecule has 1 aromatic rings. The van der Waals surface area contributed by atoms with Crippen LogP contribution in [0.25, 0.3) is 0 Å². The topological polar surface area (TPSA) is 49.4 Å². The van der Waals surface area contributed by atoms with Gasteiger partial charge in [-0.05, 0) is 30.7 Å². The molecular formula is C13H14F6N2O2S. The summed E-state index contributed by atoms with van der Waals surface area (Å²) in [4.78, 5) is 0. The summed E-state index contributed by atoms with van der Waals surface area (Å²) in [5.74, 6) is 0. The van der Waals surface area contributed by atoms with Gasteiger partial charge in [0.05, 0.1) is 17.2 Å². The van der Waals surface area contributed by atoms with Crippen molar-refractivity contribution < 1.29 is 34.8 Å². The first-order valence-electron chi connectivity index (χ1n) is 6.86. The van der Waals surface area contributed by atoms with Crippen LogP contribution in [0.4, 0.5) is 26.3 Å². The summed E-state index contributed by atoms with van der Waals surface area (Å²) in [6.45, 7) is 2.97. The van der Waals surface area contributed by atoms with E-state index in [2.05, 4.69) is 4.72 Å². The monoisotopic (exact) mass is 376 g/mol. The van der Waals surface area contributed by atoms with Gasteiger partial charge < -0.3 is 0 Å². The average Bonchev–Trinajstić information content (AvgIpc) is 2.65. The summed E-state index contributed by atoms with van der Waals surface area (Å²) in [5, 5.41) is 0. The average molecular weight is 376 g/mol. The van der Waals surface area contributed by atoms with Crippen LogP contribution in [-0.2, 0) is 22.6 Å². The molecule has 0 saturated carbocycles. The minimum absolute atomic E-state index is 0.00913. The van der Waals surface area contributed by atoms with E-state index in [0.717, 1.165) is 4.31 Å². The first kappa shape index (κ1) is 19.0. The van der Waals surface area contributed by atoms with Gasteiger partial charge in [-0.25, -0.2) is 0 Å². The third-order valence-electron chi connectivity index (χ3n) is 3.80. The molecule has 1 heterocycles. The minimum Gasteiger partial charge on any atom is -0.195 e. The Kier molecular flexibility index (Phi) is 4.66. The fourth-order valence-corrected chi connectivity index (χ4v) is 4.36. The molecule has 0 unspecified atom stereocenters. The molecule has 11 heteroatoms.